The molecule has 0 radical (unpaired) electrons. The van der Waals surface area contributed by atoms with Crippen LogP contribution < -0.4 is 15.4 Å². The quantitative estimate of drug-likeness (QED) is 0.690. The molecule has 3 rings (SSSR count). The fourth-order valence-corrected chi connectivity index (χ4v) is 3.06. The molecule has 0 fully saturated rings. The second-order valence-electron chi connectivity index (χ2n) is 6.78. The van der Waals surface area contributed by atoms with Crippen molar-refractivity contribution < 1.29 is 32.6 Å². The molecule has 7 nitrogen and oxygen atoms in total. The lowest BCUT2D eigenvalue weighted by Crippen LogP contribution is -2.44. The van der Waals surface area contributed by atoms with Crippen LogP contribution in [0.1, 0.15) is 16.7 Å². The first kappa shape index (κ1) is 21.4. The van der Waals surface area contributed by atoms with Crippen LogP contribution in [-0.4, -0.2) is 41.3 Å². The van der Waals surface area contributed by atoms with Crippen molar-refractivity contribution in [2.75, 3.05) is 12.4 Å². The lowest BCUT2D eigenvalue weighted by Gasteiger charge is -2.21. The van der Waals surface area contributed by atoms with Crippen molar-refractivity contribution >= 4 is 17.6 Å². The van der Waals surface area contributed by atoms with E-state index >= 15 is 0 Å². The van der Waals surface area contributed by atoms with Crippen LogP contribution in [0.4, 0.5) is 23.7 Å². The van der Waals surface area contributed by atoms with Gasteiger partial charge < -0.3 is 25.4 Å². The zero-order valence-corrected chi connectivity index (χ0v) is 16.0. The first-order valence-electron chi connectivity index (χ1n) is 9.00. The Morgan fingerprint density at radius 2 is 1.80 bits per heavy atom. The van der Waals surface area contributed by atoms with Crippen molar-refractivity contribution in [1.29, 1.82) is 0 Å². The highest BCUT2D eigenvalue weighted by molar-refractivity contribution is 5.89. The summed E-state index contributed by atoms with van der Waals surface area (Å²) in [7, 11) is 1.54. The highest BCUT2D eigenvalue weighted by atomic mass is 19.4. The third kappa shape index (κ3) is 5.01. The summed E-state index contributed by atoms with van der Waals surface area (Å²) in [4.78, 5) is 24.9. The first-order valence-corrected chi connectivity index (χ1v) is 9.00. The Labute approximate surface area is 170 Å². The van der Waals surface area contributed by atoms with Gasteiger partial charge >= 0.3 is 12.2 Å². The number of benzene rings is 2. The molecule has 0 aliphatic carbocycles. The minimum absolute atomic E-state index is 0.00697. The van der Waals surface area contributed by atoms with E-state index < -0.39 is 24.2 Å². The normalized spacial score (nSPS) is 14.1. The van der Waals surface area contributed by atoms with Crippen LogP contribution in [0, 0.1) is 0 Å². The minimum Gasteiger partial charge on any atom is -0.497 e. The molecule has 0 bridgehead atoms. The van der Waals surface area contributed by atoms with Crippen LogP contribution >= 0.6 is 0 Å². The number of amides is 3. The van der Waals surface area contributed by atoms with E-state index in [1.807, 2.05) is 0 Å². The zero-order valence-electron chi connectivity index (χ0n) is 16.0. The van der Waals surface area contributed by atoms with E-state index in [-0.39, 0.29) is 19.6 Å². The van der Waals surface area contributed by atoms with Gasteiger partial charge in [0.05, 0.1) is 7.11 Å². The highest BCUT2D eigenvalue weighted by Crippen LogP contribution is 2.28. The minimum atomic E-state index is -5.00. The highest BCUT2D eigenvalue weighted by Gasteiger charge is 2.46. The number of rotatable bonds is 5. The van der Waals surface area contributed by atoms with Gasteiger partial charge in [-0.2, -0.15) is 13.2 Å². The van der Waals surface area contributed by atoms with Crippen LogP contribution in [-0.2, 0) is 24.4 Å². The smallest absolute Gasteiger partial charge is 0.423 e. The summed E-state index contributed by atoms with van der Waals surface area (Å²) in [6, 6.07) is 11.5. The maximum atomic E-state index is 12.6. The van der Waals surface area contributed by atoms with E-state index in [9.17, 15) is 22.8 Å². The number of ether oxygens (including phenoxy) is 1. The van der Waals surface area contributed by atoms with Crippen molar-refractivity contribution in [3.63, 3.8) is 0 Å². The third-order valence-electron chi connectivity index (χ3n) is 4.65. The third-order valence-corrected chi connectivity index (χ3v) is 4.65. The molecule has 0 spiro atoms. The first-order chi connectivity index (χ1) is 14.2. The number of fused-ring (bicyclic) bond motifs is 1. The summed E-state index contributed by atoms with van der Waals surface area (Å²) >= 11 is 0. The van der Waals surface area contributed by atoms with Gasteiger partial charge in [0.2, 0.25) is 6.10 Å². The lowest BCUT2D eigenvalue weighted by atomic mass is 10.1. The molecule has 2 aromatic rings. The van der Waals surface area contributed by atoms with E-state index in [2.05, 4.69) is 10.6 Å². The second kappa shape index (κ2) is 8.62. The molecule has 3 N–H and O–H groups in total. The largest absolute Gasteiger partial charge is 0.497 e. The molecular weight excluding hydrogens is 403 g/mol. The van der Waals surface area contributed by atoms with Gasteiger partial charge in [-0.25, -0.2) is 4.79 Å². The van der Waals surface area contributed by atoms with Gasteiger partial charge in [-0.3, -0.25) is 4.79 Å². The molecule has 1 heterocycles. The van der Waals surface area contributed by atoms with Crippen molar-refractivity contribution in [3.8, 4) is 5.75 Å². The molecule has 0 unspecified atom stereocenters. The van der Waals surface area contributed by atoms with Crippen molar-refractivity contribution in [2.45, 2.75) is 31.9 Å². The van der Waals surface area contributed by atoms with Crippen LogP contribution in [0.2, 0.25) is 0 Å². The Hall–Kier alpha value is -3.27. The molecule has 1 atom stereocenters. The Balaban J connectivity index is 1.55. The number of aliphatic hydroxyl groups is 1. The van der Waals surface area contributed by atoms with Gasteiger partial charge in [0.15, 0.2) is 0 Å². The van der Waals surface area contributed by atoms with E-state index in [4.69, 9.17) is 9.84 Å². The SMILES string of the molecule is COc1ccc(NC(=O)NCc2ccc3c(c2)CN(C(=O)[C@H](O)C(F)(F)F)C3)cc1. The number of carbonyl (C=O) groups is 2. The van der Waals surface area contributed by atoms with E-state index in [1.165, 1.54) is 0 Å². The van der Waals surface area contributed by atoms with Crippen LogP contribution in [0.5, 0.6) is 5.75 Å². The number of alkyl halides is 3. The summed E-state index contributed by atoms with van der Waals surface area (Å²) in [5.74, 6) is -0.716. The van der Waals surface area contributed by atoms with Gasteiger partial charge in [0, 0.05) is 25.3 Å². The number of carbonyl (C=O) groups excluding carboxylic acids is 2. The zero-order chi connectivity index (χ0) is 21.9. The van der Waals surface area contributed by atoms with Gasteiger partial charge in [0.1, 0.15) is 5.75 Å². The Morgan fingerprint density at radius 1 is 1.13 bits per heavy atom. The molecular formula is C20H20F3N3O4. The molecule has 1 aliphatic rings. The van der Waals surface area contributed by atoms with E-state index in [0.29, 0.717) is 22.6 Å². The summed E-state index contributed by atoms with van der Waals surface area (Å²) < 4.78 is 42.7. The second-order valence-corrected chi connectivity index (χ2v) is 6.78. The van der Waals surface area contributed by atoms with Gasteiger partial charge in [-0.1, -0.05) is 18.2 Å². The standard InChI is InChI=1S/C20H20F3N3O4/c1-30-16-6-4-15(5-7-16)25-19(29)24-9-12-2-3-13-10-26(11-14(13)8-12)18(28)17(27)20(21,22)23/h2-8,17,27H,9-11H2,1H3,(H2,24,25,29)/t17-/m0/s1. The van der Waals surface area contributed by atoms with Crippen LogP contribution in [0.3, 0.4) is 0 Å². The summed E-state index contributed by atoms with van der Waals surface area (Å²) in [5, 5.41) is 14.5. The number of aliphatic hydroxyl groups excluding tert-OH is 1. The molecule has 160 valence electrons. The van der Waals surface area contributed by atoms with Crippen LogP contribution in [0.15, 0.2) is 42.5 Å². The van der Waals surface area contributed by atoms with Crippen LogP contribution in [0.25, 0.3) is 0 Å². The maximum Gasteiger partial charge on any atom is 0.423 e. The number of nitrogens with zero attached hydrogens (tertiary/aromatic N) is 1. The number of hydrogen-bond acceptors (Lipinski definition) is 4. The fraction of sp³-hybridized carbons (Fsp3) is 0.300. The van der Waals surface area contributed by atoms with E-state index in [0.717, 1.165) is 10.5 Å². The maximum absolute atomic E-state index is 12.6. The average molecular weight is 423 g/mol. The molecule has 0 saturated carbocycles. The number of methoxy groups -OCH3 is 1. The molecule has 3 amide bonds. The number of anilines is 1. The number of halogens is 3. The molecule has 1 aliphatic heterocycles. The summed E-state index contributed by atoms with van der Waals surface area (Å²) in [5.41, 5.74) is 2.68. The van der Waals surface area contributed by atoms with Gasteiger partial charge in [-0.05, 0) is 41.0 Å². The molecule has 0 aromatic heterocycles. The summed E-state index contributed by atoms with van der Waals surface area (Å²) in [6.07, 6.45) is -8.03. The lowest BCUT2D eigenvalue weighted by molar-refractivity contribution is -0.211. The van der Waals surface area contributed by atoms with Gasteiger partial charge in [0.25, 0.3) is 5.91 Å². The topological polar surface area (TPSA) is 90.9 Å². The Morgan fingerprint density at radius 3 is 2.43 bits per heavy atom. The molecule has 2 aromatic carbocycles. The van der Waals surface area contributed by atoms with Crippen molar-refractivity contribution in [2.24, 2.45) is 0 Å². The summed E-state index contributed by atoms with van der Waals surface area (Å²) in [6.45, 7) is 0.147. The van der Waals surface area contributed by atoms with Gasteiger partial charge in [-0.15, -0.1) is 0 Å². The monoisotopic (exact) mass is 423 g/mol. The van der Waals surface area contributed by atoms with E-state index in [1.54, 1.807) is 49.6 Å². The number of urea groups is 1. The predicted octanol–water partition coefficient (Wildman–Crippen LogP) is 2.78. The Bertz CT molecular complexity index is 932. The fourth-order valence-electron chi connectivity index (χ4n) is 3.06. The molecule has 10 heteroatoms. The number of nitrogens with one attached hydrogen (secondary N) is 2. The van der Waals surface area contributed by atoms with Crippen molar-refractivity contribution in [1.82, 2.24) is 10.2 Å². The predicted molar refractivity (Wildman–Crippen MR) is 102 cm³/mol. The Kier molecular flexibility index (Phi) is 6.16. The molecule has 30 heavy (non-hydrogen) atoms. The average Bonchev–Trinajstić information content (AvgIpc) is 3.14. The van der Waals surface area contributed by atoms with Crippen molar-refractivity contribution in [3.05, 3.63) is 59.2 Å². The number of hydrogen-bond donors (Lipinski definition) is 3. The molecule has 0 saturated heterocycles.